The van der Waals surface area contributed by atoms with Gasteiger partial charge in [0.1, 0.15) is 5.75 Å². The second-order valence-electron chi connectivity index (χ2n) is 5.37. The molecule has 2 N–H and O–H groups in total. The molecule has 7 heteroatoms. The average molecular weight is 409 g/mol. The van der Waals surface area contributed by atoms with Gasteiger partial charge in [-0.2, -0.15) is 0 Å². The van der Waals surface area contributed by atoms with E-state index in [2.05, 4.69) is 25.9 Å². The maximum absolute atomic E-state index is 10.1. The van der Waals surface area contributed by atoms with Crippen LogP contribution in [-0.4, -0.2) is 42.2 Å². The molecule has 25 heavy (non-hydrogen) atoms. The number of aliphatic imine (C=N–C) groups is 1. The summed E-state index contributed by atoms with van der Waals surface area (Å²) in [7, 11) is 3.19. The molecule has 0 aliphatic rings. The Labute approximate surface area is 155 Å². The van der Waals surface area contributed by atoms with E-state index in [9.17, 15) is 10.2 Å². The van der Waals surface area contributed by atoms with Gasteiger partial charge in [0.15, 0.2) is 11.5 Å². The van der Waals surface area contributed by atoms with Crippen LogP contribution >= 0.6 is 15.9 Å². The highest BCUT2D eigenvalue weighted by atomic mass is 79.9. The Balaban J connectivity index is 2.14. The summed E-state index contributed by atoms with van der Waals surface area (Å²) in [5.74, 6) is 1.36. The quantitative estimate of drug-likeness (QED) is 0.687. The number of rotatable bonds is 7. The van der Waals surface area contributed by atoms with Gasteiger partial charge in [0.2, 0.25) is 0 Å². The number of methoxy groups -OCH3 is 2. The summed E-state index contributed by atoms with van der Waals surface area (Å²) in [4.78, 5) is 8.40. The number of aliphatic hydroxyl groups is 1. The van der Waals surface area contributed by atoms with E-state index in [-0.39, 0.29) is 12.4 Å². The van der Waals surface area contributed by atoms with Gasteiger partial charge >= 0.3 is 0 Å². The van der Waals surface area contributed by atoms with Crippen LogP contribution in [0.5, 0.6) is 17.2 Å². The number of aromatic nitrogens is 1. The lowest BCUT2D eigenvalue weighted by molar-refractivity contribution is 0.280. The fraction of sp³-hybridized carbons (Fsp3) is 0.333. The third kappa shape index (κ3) is 4.49. The van der Waals surface area contributed by atoms with E-state index in [0.717, 1.165) is 10.0 Å². The number of aliphatic hydroxyl groups excluding tert-OH is 1. The Morgan fingerprint density at radius 1 is 1.20 bits per heavy atom. The summed E-state index contributed by atoms with van der Waals surface area (Å²) in [6.45, 7) is 2.01. The Kier molecular flexibility index (Phi) is 6.78. The second kappa shape index (κ2) is 8.82. The van der Waals surface area contributed by atoms with Gasteiger partial charge in [0.25, 0.3) is 0 Å². The van der Waals surface area contributed by atoms with Crippen molar-refractivity contribution in [3.63, 3.8) is 0 Å². The number of hydrogen-bond donors (Lipinski definition) is 2. The van der Waals surface area contributed by atoms with Gasteiger partial charge in [-0.1, -0.05) is 15.9 Å². The molecule has 0 unspecified atom stereocenters. The van der Waals surface area contributed by atoms with E-state index in [1.165, 1.54) is 0 Å². The third-order valence-corrected chi connectivity index (χ3v) is 4.55. The van der Waals surface area contributed by atoms with Gasteiger partial charge in [-0.15, -0.1) is 0 Å². The Bertz CT molecular complexity index is 778. The highest BCUT2D eigenvalue weighted by Gasteiger charge is 2.10. The summed E-state index contributed by atoms with van der Waals surface area (Å²) in [5, 5.41) is 19.5. The number of benzene rings is 1. The van der Waals surface area contributed by atoms with Crippen LogP contribution in [0.4, 0.5) is 0 Å². The summed E-state index contributed by atoms with van der Waals surface area (Å²) in [6, 6.07) is 3.77. The molecule has 1 aromatic heterocycles. The molecule has 2 rings (SSSR count). The van der Waals surface area contributed by atoms with Crippen molar-refractivity contribution in [2.24, 2.45) is 4.99 Å². The minimum Gasteiger partial charge on any atom is -0.505 e. The largest absolute Gasteiger partial charge is 0.505 e. The molecule has 2 aromatic rings. The van der Waals surface area contributed by atoms with Crippen LogP contribution < -0.4 is 9.47 Å². The lowest BCUT2D eigenvalue weighted by atomic mass is 10.1. The molecule has 0 spiro atoms. The van der Waals surface area contributed by atoms with Crippen molar-refractivity contribution in [2.45, 2.75) is 20.0 Å². The molecule has 0 radical (unpaired) electrons. The Morgan fingerprint density at radius 3 is 2.52 bits per heavy atom. The van der Waals surface area contributed by atoms with E-state index in [0.29, 0.717) is 41.3 Å². The van der Waals surface area contributed by atoms with Crippen LogP contribution in [-0.2, 0) is 13.0 Å². The zero-order chi connectivity index (χ0) is 18.4. The molecular formula is C18H21BrN2O4. The highest BCUT2D eigenvalue weighted by Crippen LogP contribution is 2.33. The van der Waals surface area contributed by atoms with Crippen molar-refractivity contribution in [1.82, 2.24) is 4.98 Å². The first-order valence-corrected chi connectivity index (χ1v) is 8.49. The number of halogens is 1. The Morgan fingerprint density at radius 2 is 1.88 bits per heavy atom. The van der Waals surface area contributed by atoms with Crippen LogP contribution in [0.2, 0.25) is 0 Å². The molecule has 0 aliphatic heterocycles. The molecule has 0 saturated heterocycles. The van der Waals surface area contributed by atoms with Crippen molar-refractivity contribution in [1.29, 1.82) is 0 Å². The van der Waals surface area contributed by atoms with Crippen molar-refractivity contribution in [3.05, 3.63) is 45.2 Å². The standard InChI is InChI=1S/C18H21BrN2O4/c1-11-18(23)14(13(10-22)8-21-11)9-20-5-4-12-6-16(24-2)17(25-3)7-15(12)19/h6-9,22-23H,4-5,10H2,1-3H3. The molecule has 1 heterocycles. The van der Waals surface area contributed by atoms with Gasteiger partial charge in [0, 0.05) is 34.6 Å². The number of pyridine rings is 1. The molecule has 0 saturated carbocycles. The van der Waals surface area contributed by atoms with Crippen LogP contribution in [0.15, 0.2) is 27.8 Å². The van der Waals surface area contributed by atoms with Gasteiger partial charge in [0.05, 0.1) is 26.5 Å². The third-order valence-electron chi connectivity index (χ3n) is 3.81. The summed E-state index contributed by atoms with van der Waals surface area (Å²) in [5.41, 5.74) is 2.58. The molecule has 0 amide bonds. The molecular weight excluding hydrogens is 388 g/mol. The van der Waals surface area contributed by atoms with Crippen LogP contribution in [0.3, 0.4) is 0 Å². The van der Waals surface area contributed by atoms with Crippen molar-refractivity contribution >= 4 is 22.1 Å². The van der Waals surface area contributed by atoms with Gasteiger partial charge in [-0.05, 0) is 31.0 Å². The predicted molar refractivity (Wildman–Crippen MR) is 100.0 cm³/mol. The SMILES string of the molecule is COc1cc(Br)c(CCN=Cc2c(CO)cnc(C)c2O)cc1OC. The van der Waals surface area contributed by atoms with E-state index in [1.54, 1.807) is 33.6 Å². The molecule has 1 aromatic carbocycles. The smallest absolute Gasteiger partial charge is 0.161 e. The highest BCUT2D eigenvalue weighted by molar-refractivity contribution is 9.10. The first kappa shape index (κ1) is 19.2. The van der Waals surface area contributed by atoms with Gasteiger partial charge in [-0.25, -0.2) is 0 Å². The monoisotopic (exact) mass is 408 g/mol. The van der Waals surface area contributed by atoms with E-state index in [4.69, 9.17) is 9.47 Å². The van der Waals surface area contributed by atoms with Crippen molar-refractivity contribution < 1.29 is 19.7 Å². The van der Waals surface area contributed by atoms with E-state index < -0.39 is 0 Å². The van der Waals surface area contributed by atoms with Crippen LogP contribution in [0.25, 0.3) is 0 Å². The van der Waals surface area contributed by atoms with Crippen LogP contribution in [0.1, 0.15) is 22.4 Å². The first-order chi connectivity index (χ1) is 12.0. The molecule has 0 bridgehead atoms. The topological polar surface area (TPSA) is 84.2 Å². The number of nitrogens with zero attached hydrogens (tertiary/aromatic N) is 2. The number of ether oxygens (including phenoxy) is 2. The lowest BCUT2D eigenvalue weighted by Crippen LogP contribution is -1.99. The van der Waals surface area contributed by atoms with Gasteiger partial charge in [-0.3, -0.25) is 9.98 Å². The van der Waals surface area contributed by atoms with Crippen molar-refractivity contribution in [2.75, 3.05) is 20.8 Å². The summed E-state index contributed by atoms with van der Waals surface area (Å²) >= 11 is 3.52. The first-order valence-electron chi connectivity index (χ1n) is 7.70. The van der Waals surface area contributed by atoms with Crippen molar-refractivity contribution in [3.8, 4) is 17.2 Å². The maximum atomic E-state index is 10.1. The molecule has 134 valence electrons. The zero-order valence-electron chi connectivity index (χ0n) is 14.4. The Hall–Kier alpha value is -2.12. The zero-order valence-corrected chi connectivity index (χ0v) is 16.0. The molecule has 0 fully saturated rings. The normalized spacial score (nSPS) is 11.1. The number of hydrogen-bond acceptors (Lipinski definition) is 6. The van der Waals surface area contributed by atoms with Gasteiger partial charge < -0.3 is 19.7 Å². The summed E-state index contributed by atoms with van der Waals surface area (Å²) in [6.07, 6.45) is 3.79. The van der Waals surface area contributed by atoms with Crippen LogP contribution in [0, 0.1) is 6.92 Å². The minimum absolute atomic E-state index is 0.0441. The molecule has 6 nitrogen and oxygen atoms in total. The number of aryl methyl sites for hydroxylation is 1. The average Bonchev–Trinajstić information content (AvgIpc) is 2.62. The lowest BCUT2D eigenvalue weighted by Gasteiger charge is -2.11. The van der Waals surface area contributed by atoms with E-state index in [1.807, 2.05) is 12.1 Å². The summed E-state index contributed by atoms with van der Waals surface area (Å²) < 4.78 is 11.5. The molecule has 0 aliphatic carbocycles. The maximum Gasteiger partial charge on any atom is 0.161 e. The number of aromatic hydroxyl groups is 1. The minimum atomic E-state index is -0.205. The van der Waals surface area contributed by atoms with E-state index >= 15 is 0 Å². The predicted octanol–water partition coefficient (Wildman–Crippen LogP) is 3.03. The fourth-order valence-corrected chi connectivity index (χ4v) is 2.87. The fourth-order valence-electron chi connectivity index (χ4n) is 2.35. The molecule has 0 atom stereocenters. The second-order valence-corrected chi connectivity index (χ2v) is 6.23.